The van der Waals surface area contributed by atoms with Gasteiger partial charge in [-0.25, -0.2) is 9.97 Å². The lowest BCUT2D eigenvalue weighted by atomic mass is 10.1. The highest BCUT2D eigenvalue weighted by atomic mass is 15.4. The predicted octanol–water partition coefficient (Wildman–Crippen LogP) is 3.41. The highest BCUT2D eigenvalue weighted by Crippen LogP contribution is 2.24. The minimum atomic E-state index is 0.112. The van der Waals surface area contributed by atoms with Gasteiger partial charge >= 0.3 is 0 Å². The fourth-order valence-electron chi connectivity index (χ4n) is 3.07. The normalized spacial score (nSPS) is 12.5. The third kappa shape index (κ3) is 2.71. The van der Waals surface area contributed by atoms with Gasteiger partial charge in [-0.15, -0.1) is 0 Å². The van der Waals surface area contributed by atoms with Crippen LogP contribution >= 0.6 is 0 Å². The second-order valence-electron chi connectivity index (χ2n) is 6.44. The summed E-state index contributed by atoms with van der Waals surface area (Å²) in [6, 6.07) is 8.60. The Morgan fingerprint density at radius 3 is 2.50 bits per heavy atom. The molecule has 132 valence electrons. The van der Waals surface area contributed by atoms with Crippen molar-refractivity contribution in [2.75, 3.05) is 5.32 Å². The van der Waals surface area contributed by atoms with Gasteiger partial charge in [-0.3, -0.25) is 0 Å². The first kappa shape index (κ1) is 16.3. The summed E-state index contributed by atoms with van der Waals surface area (Å²) in [5, 5.41) is 7.86. The Hall–Kier alpha value is -3.22. The topological polar surface area (TPSA) is 72.9 Å². The summed E-state index contributed by atoms with van der Waals surface area (Å²) in [5.74, 6) is 2.50. The van der Waals surface area contributed by atoms with E-state index in [9.17, 15) is 0 Å². The van der Waals surface area contributed by atoms with Gasteiger partial charge in [0.1, 0.15) is 18.0 Å². The summed E-state index contributed by atoms with van der Waals surface area (Å²) < 4.78 is 3.82. The van der Waals surface area contributed by atoms with Gasteiger partial charge in [0.2, 0.25) is 0 Å². The van der Waals surface area contributed by atoms with E-state index in [1.807, 2.05) is 33.2 Å². The average molecular weight is 347 g/mol. The lowest BCUT2D eigenvalue weighted by Gasteiger charge is -2.19. The van der Waals surface area contributed by atoms with E-state index in [1.54, 1.807) is 4.52 Å². The fraction of sp³-hybridized carbons (Fsp3) is 0.263. The maximum Gasteiger partial charge on any atom is 0.254 e. The van der Waals surface area contributed by atoms with Crippen LogP contribution < -0.4 is 5.32 Å². The number of rotatable bonds is 4. The van der Waals surface area contributed by atoms with Gasteiger partial charge in [0.05, 0.1) is 0 Å². The number of fused-ring (bicyclic) bond motifs is 1. The smallest absolute Gasteiger partial charge is 0.254 e. The summed E-state index contributed by atoms with van der Waals surface area (Å²) in [4.78, 5) is 12.9. The van der Waals surface area contributed by atoms with Crippen LogP contribution in [0.15, 0.2) is 43.0 Å². The molecule has 4 aromatic rings. The van der Waals surface area contributed by atoms with Crippen LogP contribution in [0.3, 0.4) is 0 Å². The van der Waals surface area contributed by atoms with E-state index in [-0.39, 0.29) is 6.04 Å². The number of aryl methyl sites for hydroxylation is 2. The summed E-state index contributed by atoms with van der Waals surface area (Å²) >= 11 is 0. The number of nitrogens with one attached hydrogen (secondary N) is 1. The molecule has 0 amide bonds. The number of hydrogen-bond acceptors (Lipinski definition) is 5. The largest absolute Gasteiger partial charge is 0.363 e. The van der Waals surface area contributed by atoms with Crippen molar-refractivity contribution in [2.24, 2.45) is 0 Å². The fourth-order valence-corrected chi connectivity index (χ4v) is 3.07. The molecule has 26 heavy (non-hydrogen) atoms. The minimum absolute atomic E-state index is 0.112. The van der Waals surface area contributed by atoms with E-state index in [1.165, 1.54) is 11.9 Å². The molecule has 0 aliphatic rings. The van der Waals surface area contributed by atoms with Crippen LogP contribution in [0.2, 0.25) is 0 Å². The zero-order valence-corrected chi connectivity index (χ0v) is 15.3. The number of benzene rings is 1. The Kier molecular flexibility index (Phi) is 3.91. The van der Waals surface area contributed by atoms with Gasteiger partial charge in [-0.1, -0.05) is 12.1 Å². The number of aromatic nitrogens is 6. The number of nitrogens with zero attached hydrogens (tertiary/aromatic N) is 6. The molecule has 7 heteroatoms. The minimum Gasteiger partial charge on any atom is -0.363 e. The molecule has 0 radical (unpaired) electrons. The van der Waals surface area contributed by atoms with Crippen LogP contribution in [0, 0.1) is 20.8 Å². The molecular weight excluding hydrogens is 326 g/mol. The second-order valence-corrected chi connectivity index (χ2v) is 6.44. The van der Waals surface area contributed by atoms with Crippen LogP contribution in [-0.4, -0.2) is 29.1 Å². The molecule has 0 aliphatic heterocycles. The van der Waals surface area contributed by atoms with Crippen molar-refractivity contribution in [3.8, 4) is 5.69 Å². The van der Waals surface area contributed by atoms with E-state index in [2.05, 4.69) is 61.1 Å². The van der Waals surface area contributed by atoms with Gasteiger partial charge in [-0.05, 0) is 45.4 Å². The van der Waals surface area contributed by atoms with E-state index in [0.717, 1.165) is 28.6 Å². The van der Waals surface area contributed by atoms with Crippen molar-refractivity contribution in [3.63, 3.8) is 0 Å². The van der Waals surface area contributed by atoms with E-state index in [0.29, 0.717) is 5.78 Å². The molecule has 3 heterocycles. The number of hydrogen-bond donors (Lipinski definition) is 1. The van der Waals surface area contributed by atoms with Crippen LogP contribution in [0.25, 0.3) is 11.5 Å². The standard InChI is InChI=1S/C19H21N7/c1-12-13(2)24-19-21-11-22-26(19)18(12)23-14(3)16-5-7-17(8-6-16)25-10-9-20-15(25)4/h5-11,14,23H,1-4H3/t14-/m0/s1. The average Bonchev–Trinajstić information content (AvgIpc) is 3.27. The second kappa shape index (κ2) is 6.25. The van der Waals surface area contributed by atoms with Gasteiger partial charge in [0.15, 0.2) is 0 Å². The Balaban J connectivity index is 1.63. The van der Waals surface area contributed by atoms with Crippen molar-refractivity contribution < 1.29 is 0 Å². The van der Waals surface area contributed by atoms with Crippen molar-refractivity contribution >= 4 is 11.6 Å². The van der Waals surface area contributed by atoms with E-state index >= 15 is 0 Å². The third-order valence-corrected chi connectivity index (χ3v) is 4.76. The molecule has 4 rings (SSSR count). The molecule has 1 N–H and O–H groups in total. The SMILES string of the molecule is Cc1nc2ncnn2c(N[C@@H](C)c2ccc(-n3ccnc3C)cc2)c1C. The Labute approximate surface area is 151 Å². The molecule has 0 aliphatic carbocycles. The molecule has 0 unspecified atom stereocenters. The summed E-state index contributed by atoms with van der Waals surface area (Å²) in [5.41, 5.74) is 4.31. The zero-order chi connectivity index (χ0) is 18.3. The van der Waals surface area contributed by atoms with Gasteiger partial charge in [0.25, 0.3) is 5.78 Å². The van der Waals surface area contributed by atoms with Gasteiger partial charge in [-0.2, -0.15) is 14.6 Å². The molecule has 0 fully saturated rings. The van der Waals surface area contributed by atoms with Crippen molar-refractivity contribution in [1.82, 2.24) is 29.1 Å². The third-order valence-electron chi connectivity index (χ3n) is 4.76. The van der Waals surface area contributed by atoms with Gasteiger partial charge < -0.3 is 9.88 Å². The highest BCUT2D eigenvalue weighted by Gasteiger charge is 2.14. The summed E-state index contributed by atoms with van der Waals surface area (Å²) in [7, 11) is 0. The molecule has 0 bridgehead atoms. The predicted molar refractivity (Wildman–Crippen MR) is 101 cm³/mol. The summed E-state index contributed by atoms with van der Waals surface area (Å²) in [6.07, 6.45) is 5.31. The number of anilines is 1. The van der Waals surface area contributed by atoms with Crippen LogP contribution in [0.4, 0.5) is 5.82 Å². The first-order chi connectivity index (χ1) is 12.5. The highest BCUT2D eigenvalue weighted by molar-refractivity contribution is 5.53. The van der Waals surface area contributed by atoms with E-state index in [4.69, 9.17) is 0 Å². The van der Waals surface area contributed by atoms with Crippen molar-refractivity contribution in [2.45, 2.75) is 33.7 Å². The Bertz CT molecular complexity index is 1060. The van der Waals surface area contributed by atoms with Crippen LogP contribution in [0.5, 0.6) is 0 Å². The van der Waals surface area contributed by atoms with Crippen molar-refractivity contribution in [3.05, 3.63) is 65.6 Å². The number of imidazole rings is 1. The Morgan fingerprint density at radius 1 is 1.04 bits per heavy atom. The molecular formula is C19H21N7. The molecule has 0 saturated heterocycles. The maximum atomic E-state index is 4.46. The zero-order valence-electron chi connectivity index (χ0n) is 15.3. The van der Waals surface area contributed by atoms with Crippen LogP contribution in [0.1, 0.15) is 35.6 Å². The van der Waals surface area contributed by atoms with Crippen molar-refractivity contribution in [1.29, 1.82) is 0 Å². The monoisotopic (exact) mass is 347 g/mol. The maximum absolute atomic E-state index is 4.46. The molecule has 0 saturated carbocycles. The molecule has 0 spiro atoms. The van der Waals surface area contributed by atoms with Crippen LogP contribution in [-0.2, 0) is 0 Å². The molecule has 3 aromatic heterocycles. The lowest BCUT2D eigenvalue weighted by Crippen LogP contribution is -2.13. The molecule has 7 nitrogen and oxygen atoms in total. The quantitative estimate of drug-likeness (QED) is 0.612. The lowest BCUT2D eigenvalue weighted by molar-refractivity contribution is 0.829. The van der Waals surface area contributed by atoms with E-state index < -0.39 is 0 Å². The molecule has 1 atom stereocenters. The molecule has 1 aromatic carbocycles. The van der Waals surface area contributed by atoms with Gasteiger partial charge in [0, 0.05) is 35.4 Å². The first-order valence-electron chi connectivity index (χ1n) is 8.58. The first-order valence-corrected chi connectivity index (χ1v) is 8.58. The summed E-state index contributed by atoms with van der Waals surface area (Å²) in [6.45, 7) is 8.16. The Morgan fingerprint density at radius 2 is 1.81 bits per heavy atom.